The highest BCUT2D eigenvalue weighted by Crippen LogP contribution is 2.43. The molecule has 2 unspecified atom stereocenters. The molecule has 0 saturated heterocycles. The van der Waals surface area contributed by atoms with Crippen molar-refractivity contribution in [3.8, 4) is 5.75 Å². The number of hydrogen-bond acceptors (Lipinski definition) is 12. The fourth-order valence-corrected chi connectivity index (χ4v) is 4.28. The predicted molar refractivity (Wildman–Crippen MR) is 167 cm³/mol. The van der Waals surface area contributed by atoms with E-state index in [-0.39, 0.29) is 52.7 Å². The third-order valence-electron chi connectivity index (χ3n) is 6.60. The van der Waals surface area contributed by atoms with E-state index in [1.165, 1.54) is 20.1 Å². The number of esters is 1. The molecule has 0 heterocycles. The molecule has 240 valence electrons. The fraction of sp³-hybridized carbons (Fsp3) is 0.500. The van der Waals surface area contributed by atoms with Crippen LogP contribution in [0, 0.1) is 26.1 Å². The van der Waals surface area contributed by atoms with Crippen LogP contribution in [0.3, 0.4) is 0 Å². The summed E-state index contributed by atoms with van der Waals surface area (Å²) in [5, 5.41) is 33.7. The number of nitro groups is 2. The van der Waals surface area contributed by atoms with Gasteiger partial charge in [0, 0.05) is 25.6 Å². The van der Waals surface area contributed by atoms with Crippen molar-refractivity contribution in [2.45, 2.75) is 53.6 Å². The molecule has 0 saturated carbocycles. The number of benzene rings is 2. The van der Waals surface area contributed by atoms with Crippen molar-refractivity contribution in [1.29, 1.82) is 0 Å². The number of amides is 1. The Morgan fingerprint density at radius 2 is 1.70 bits per heavy atom. The maximum atomic E-state index is 12.3. The van der Waals surface area contributed by atoms with E-state index in [1.807, 2.05) is 25.7 Å². The maximum Gasteiger partial charge on any atom is 0.308 e. The predicted octanol–water partition coefficient (Wildman–Crippen LogP) is 6.86. The lowest BCUT2D eigenvalue weighted by Crippen LogP contribution is -2.33. The summed E-state index contributed by atoms with van der Waals surface area (Å²) < 4.78 is 17.0. The number of nitrogens with zero attached hydrogens (tertiary/aromatic N) is 5. The molecule has 0 bridgehead atoms. The lowest BCUT2D eigenvalue weighted by Gasteiger charge is -2.28. The Morgan fingerprint density at radius 1 is 1.02 bits per heavy atom. The van der Waals surface area contributed by atoms with Gasteiger partial charge in [0.05, 0.1) is 64.0 Å². The normalized spacial score (nSPS) is 12.4. The van der Waals surface area contributed by atoms with Crippen molar-refractivity contribution in [1.82, 2.24) is 0 Å². The molecule has 0 radical (unpaired) electrons. The lowest BCUT2D eigenvalue weighted by atomic mass is 10.1. The Hall–Kier alpha value is -4.18. The van der Waals surface area contributed by atoms with E-state index >= 15 is 0 Å². The summed E-state index contributed by atoms with van der Waals surface area (Å²) in [7, 11) is 1.44. The van der Waals surface area contributed by atoms with E-state index in [2.05, 4.69) is 31.5 Å². The van der Waals surface area contributed by atoms with Crippen LogP contribution < -0.4 is 15.0 Å². The molecule has 1 amide bonds. The molecule has 0 aliphatic rings. The second-order valence-electron chi connectivity index (χ2n) is 9.79. The number of azo groups is 1. The molecular formula is C28H37BrN6O9. The highest BCUT2D eigenvalue weighted by molar-refractivity contribution is 9.10. The SMILES string of the molecule is CCC(C)OCCN(CCOC(=O)C(C)CC)c1cc(NC(C)=O)c(/N=N/c2c(Br)cc([N+](=O)[O-])cc2[N+](=O)[O-])cc1OC. The highest BCUT2D eigenvalue weighted by Gasteiger charge is 2.24. The molecule has 0 aromatic heterocycles. The molecule has 16 heteroatoms. The van der Waals surface area contributed by atoms with Gasteiger partial charge in [-0.3, -0.25) is 29.8 Å². The molecule has 15 nitrogen and oxygen atoms in total. The van der Waals surface area contributed by atoms with E-state index in [0.717, 1.165) is 18.6 Å². The van der Waals surface area contributed by atoms with Gasteiger partial charge < -0.3 is 24.4 Å². The second kappa shape index (κ2) is 17.2. The minimum Gasteiger partial charge on any atom is -0.494 e. The second-order valence-corrected chi connectivity index (χ2v) is 10.6. The van der Waals surface area contributed by atoms with Gasteiger partial charge in [-0.05, 0) is 41.8 Å². The minimum atomic E-state index is -0.808. The number of ether oxygens (including phenoxy) is 3. The number of nitro benzene ring substituents is 2. The lowest BCUT2D eigenvalue weighted by molar-refractivity contribution is -0.393. The Labute approximate surface area is 263 Å². The monoisotopic (exact) mass is 680 g/mol. The minimum absolute atomic E-state index is 0.0220. The van der Waals surface area contributed by atoms with Gasteiger partial charge in [-0.1, -0.05) is 20.8 Å². The first-order valence-corrected chi connectivity index (χ1v) is 14.7. The van der Waals surface area contributed by atoms with Crippen LogP contribution in [0.25, 0.3) is 0 Å². The van der Waals surface area contributed by atoms with E-state index in [1.54, 1.807) is 13.0 Å². The number of carbonyl (C=O) groups is 2. The summed E-state index contributed by atoms with van der Waals surface area (Å²) in [6.07, 6.45) is 1.50. The first-order chi connectivity index (χ1) is 20.8. The molecule has 0 aliphatic heterocycles. The standard InChI is InChI=1S/C28H37BrN6O9/c1-7-17(3)28(37)44-12-10-33(9-11-43-18(4)8-2)24-15-22(30-19(5)36)23(16-26(24)42-6)31-32-27-21(29)13-20(34(38)39)14-25(27)35(40)41/h13-18H,7-12H2,1-6H3,(H,30,36)/b32-31+. The Kier molecular flexibility index (Phi) is 14.1. The van der Waals surface area contributed by atoms with Crippen molar-refractivity contribution < 1.29 is 33.6 Å². The van der Waals surface area contributed by atoms with Gasteiger partial charge in [0.1, 0.15) is 18.0 Å². The van der Waals surface area contributed by atoms with Crippen molar-refractivity contribution in [2.75, 3.05) is 43.6 Å². The van der Waals surface area contributed by atoms with Gasteiger partial charge in [0.15, 0.2) is 5.69 Å². The molecule has 2 atom stereocenters. The third-order valence-corrected chi connectivity index (χ3v) is 7.21. The third kappa shape index (κ3) is 10.2. The zero-order valence-electron chi connectivity index (χ0n) is 25.5. The molecule has 2 aromatic carbocycles. The highest BCUT2D eigenvalue weighted by atomic mass is 79.9. The molecule has 0 aliphatic carbocycles. The molecule has 2 aromatic rings. The zero-order valence-corrected chi connectivity index (χ0v) is 27.1. The number of carbonyl (C=O) groups excluding carboxylic acids is 2. The number of hydrogen-bond donors (Lipinski definition) is 1. The Morgan fingerprint density at radius 3 is 2.27 bits per heavy atom. The van der Waals surface area contributed by atoms with Gasteiger partial charge in [-0.25, -0.2) is 0 Å². The van der Waals surface area contributed by atoms with E-state index in [9.17, 15) is 29.8 Å². The van der Waals surface area contributed by atoms with Crippen molar-refractivity contribution in [2.24, 2.45) is 16.1 Å². The molecule has 1 N–H and O–H groups in total. The number of non-ortho nitro benzene ring substituents is 1. The quantitative estimate of drug-likeness (QED) is 0.0799. The number of anilines is 2. The Bertz CT molecular complexity index is 1390. The van der Waals surface area contributed by atoms with Crippen LogP contribution in [-0.2, 0) is 19.1 Å². The first-order valence-electron chi connectivity index (χ1n) is 13.9. The van der Waals surface area contributed by atoms with Crippen molar-refractivity contribution in [3.05, 3.63) is 49.0 Å². The molecular weight excluding hydrogens is 644 g/mol. The Balaban J connectivity index is 2.57. The summed E-state index contributed by atoms with van der Waals surface area (Å²) in [6.45, 7) is 10.1. The van der Waals surface area contributed by atoms with E-state index < -0.39 is 27.1 Å². The number of rotatable bonds is 17. The number of halogens is 1. The van der Waals surface area contributed by atoms with Crippen LogP contribution in [0.15, 0.2) is 39.0 Å². The summed E-state index contributed by atoms with van der Waals surface area (Å²) in [4.78, 5) is 47.6. The number of nitrogens with one attached hydrogen (secondary N) is 1. The number of methoxy groups -OCH3 is 1. The molecule has 44 heavy (non-hydrogen) atoms. The summed E-state index contributed by atoms with van der Waals surface area (Å²) in [6, 6.07) is 4.95. The summed E-state index contributed by atoms with van der Waals surface area (Å²) in [5.41, 5.74) is -0.561. The van der Waals surface area contributed by atoms with Crippen LogP contribution in [0.1, 0.15) is 47.5 Å². The van der Waals surface area contributed by atoms with Crippen LogP contribution >= 0.6 is 15.9 Å². The fourth-order valence-electron chi connectivity index (χ4n) is 3.76. The van der Waals surface area contributed by atoms with Crippen LogP contribution in [0.5, 0.6) is 5.75 Å². The zero-order chi connectivity index (χ0) is 33.0. The first kappa shape index (κ1) is 36.0. The smallest absolute Gasteiger partial charge is 0.308 e. The van der Waals surface area contributed by atoms with Gasteiger partial charge in [-0.2, -0.15) is 0 Å². The largest absolute Gasteiger partial charge is 0.494 e. The van der Waals surface area contributed by atoms with Gasteiger partial charge in [0.25, 0.3) is 5.69 Å². The van der Waals surface area contributed by atoms with Crippen LogP contribution in [0.2, 0.25) is 0 Å². The van der Waals surface area contributed by atoms with Gasteiger partial charge in [0.2, 0.25) is 5.91 Å². The summed E-state index contributed by atoms with van der Waals surface area (Å²) >= 11 is 3.10. The van der Waals surface area contributed by atoms with Crippen molar-refractivity contribution in [3.63, 3.8) is 0 Å². The van der Waals surface area contributed by atoms with Gasteiger partial charge in [-0.15, -0.1) is 10.2 Å². The molecule has 0 spiro atoms. The van der Waals surface area contributed by atoms with Crippen molar-refractivity contribution >= 4 is 61.9 Å². The van der Waals surface area contributed by atoms with Crippen LogP contribution in [0.4, 0.5) is 34.1 Å². The molecule has 2 rings (SSSR count). The van der Waals surface area contributed by atoms with E-state index in [4.69, 9.17) is 14.2 Å². The molecule has 0 fully saturated rings. The maximum absolute atomic E-state index is 12.3. The topological polar surface area (TPSA) is 188 Å². The van der Waals surface area contributed by atoms with Gasteiger partial charge >= 0.3 is 11.7 Å². The summed E-state index contributed by atoms with van der Waals surface area (Å²) in [5.74, 6) is -0.651. The van der Waals surface area contributed by atoms with E-state index in [0.29, 0.717) is 31.0 Å². The average Bonchev–Trinajstić information content (AvgIpc) is 2.98. The average molecular weight is 682 g/mol. The van der Waals surface area contributed by atoms with Crippen LogP contribution in [-0.4, -0.2) is 61.2 Å².